The van der Waals surface area contributed by atoms with E-state index in [1.54, 1.807) is 7.11 Å². The Morgan fingerprint density at radius 1 is 1.47 bits per heavy atom. The Balaban J connectivity index is 2.23. The van der Waals surface area contributed by atoms with E-state index in [2.05, 4.69) is 11.8 Å². The van der Waals surface area contributed by atoms with Crippen molar-refractivity contribution in [2.24, 2.45) is 5.92 Å². The minimum Gasteiger partial charge on any atom is -0.390 e. The second-order valence-electron chi connectivity index (χ2n) is 5.86. The van der Waals surface area contributed by atoms with E-state index in [0.717, 1.165) is 18.9 Å². The van der Waals surface area contributed by atoms with E-state index in [4.69, 9.17) is 4.74 Å². The lowest BCUT2D eigenvalue weighted by Crippen LogP contribution is -2.40. The zero-order valence-corrected chi connectivity index (χ0v) is 11.9. The van der Waals surface area contributed by atoms with Crippen molar-refractivity contribution in [3.8, 4) is 0 Å². The molecule has 2 atom stereocenters. The molecule has 0 aromatic carbocycles. The number of nitrogens with zero attached hydrogens (tertiary/aromatic N) is 1. The lowest BCUT2D eigenvalue weighted by Gasteiger charge is -2.30. The molecule has 1 rings (SSSR count). The van der Waals surface area contributed by atoms with Gasteiger partial charge in [-0.1, -0.05) is 13.3 Å². The largest absolute Gasteiger partial charge is 0.390 e. The third-order valence-electron chi connectivity index (χ3n) is 4.11. The van der Waals surface area contributed by atoms with Gasteiger partial charge in [-0.3, -0.25) is 0 Å². The van der Waals surface area contributed by atoms with E-state index in [1.807, 2.05) is 13.8 Å². The molecule has 0 radical (unpaired) electrons. The first-order valence-corrected chi connectivity index (χ1v) is 6.95. The van der Waals surface area contributed by atoms with Crippen LogP contribution in [0, 0.1) is 5.92 Å². The molecule has 0 saturated carbocycles. The minimum atomic E-state index is -0.428. The average Bonchev–Trinajstić information content (AvgIpc) is 2.74. The van der Waals surface area contributed by atoms with Crippen LogP contribution in [0.25, 0.3) is 0 Å². The van der Waals surface area contributed by atoms with Crippen LogP contribution in [0.15, 0.2) is 0 Å². The Kier molecular flexibility index (Phi) is 5.90. The molecule has 1 N–H and O–H groups in total. The second kappa shape index (κ2) is 6.72. The van der Waals surface area contributed by atoms with Gasteiger partial charge in [-0.2, -0.15) is 0 Å². The van der Waals surface area contributed by atoms with Crippen LogP contribution >= 0.6 is 0 Å². The quantitative estimate of drug-likeness (QED) is 0.744. The maximum atomic E-state index is 10.1. The predicted molar refractivity (Wildman–Crippen MR) is 71.2 cm³/mol. The average molecular weight is 243 g/mol. The molecule has 3 heteroatoms. The molecular formula is C14H29NO2. The van der Waals surface area contributed by atoms with Gasteiger partial charge >= 0.3 is 0 Å². The highest BCUT2D eigenvalue weighted by molar-refractivity contribution is 4.81. The highest BCUT2D eigenvalue weighted by Gasteiger charge is 2.28. The van der Waals surface area contributed by atoms with E-state index in [0.29, 0.717) is 0 Å². The molecule has 1 fully saturated rings. The van der Waals surface area contributed by atoms with Gasteiger partial charge in [0.2, 0.25) is 0 Å². The topological polar surface area (TPSA) is 32.7 Å². The number of hydrogen-bond donors (Lipinski definition) is 1. The SMILES string of the molecule is CCCC1CCN(CCC(O)C(C)(C)OC)C1. The zero-order chi connectivity index (χ0) is 12.9. The van der Waals surface area contributed by atoms with Crippen molar-refractivity contribution >= 4 is 0 Å². The van der Waals surface area contributed by atoms with Crippen molar-refractivity contribution in [2.75, 3.05) is 26.7 Å². The van der Waals surface area contributed by atoms with Crippen LogP contribution in [-0.4, -0.2) is 48.5 Å². The van der Waals surface area contributed by atoms with Crippen molar-refractivity contribution in [1.29, 1.82) is 0 Å². The maximum absolute atomic E-state index is 10.1. The highest BCUT2D eigenvalue weighted by Crippen LogP contribution is 2.22. The molecular weight excluding hydrogens is 214 g/mol. The summed E-state index contributed by atoms with van der Waals surface area (Å²) in [5.41, 5.74) is -0.428. The van der Waals surface area contributed by atoms with Crippen LogP contribution in [0.5, 0.6) is 0 Å². The maximum Gasteiger partial charge on any atom is 0.0880 e. The predicted octanol–water partition coefficient (Wildman–Crippen LogP) is 2.28. The molecule has 1 aliphatic heterocycles. The lowest BCUT2D eigenvalue weighted by molar-refractivity contribution is -0.0819. The Morgan fingerprint density at radius 2 is 2.18 bits per heavy atom. The summed E-state index contributed by atoms with van der Waals surface area (Å²) in [6, 6.07) is 0. The fourth-order valence-electron chi connectivity index (χ4n) is 2.55. The van der Waals surface area contributed by atoms with E-state index < -0.39 is 5.60 Å². The summed E-state index contributed by atoms with van der Waals surface area (Å²) in [6.45, 7) is 9.56. The number of aliphatic hydroxyl groups is 1. The summed E-state index contributed by atoms with van der Waals surface area (Å²) < 4.78 is 5.31. The van der Waals surface area contributed by atoms with Crippen LogP contribution in [0.4, 0.5) is 0 Å². The number of hydrogen-bond acceptors (Lipinski definition) is 3. The Morgan fingerprint density at radius 3 is 2.76 bits per heavy atom. The summed E-state index contributed by atoms with van der Waals surface area (Å²) in [6.07, 6.45) is 4.40. The number of methoxy groups -OCH3 is 1. The molecule has 102 valence electrons. The van der Waals surface area contributed by atoms with E-state index in [9.17, 15) is 5.11 Å². The van der Waals surface area contributed by atoms with E-state index in [1.165, 1.54) is 32.4 Å². The number of rotatable bonds is 7. The van der Waals surface area contributed by atoms with Crippen LogP contribution < -0.4 is 0 Å². The van der Waals surface area contributed by atoms with Crippen molar-refractivity contribution in [1.82, 2.24) is 4.90 Å². The van der Waals surface area contributed by atoms with Crippen molar-refractivity contribution < 1.29 is 9.84 Å². The molecule has 0 aromatic rings. The molecule has 1 aliphatic rings. The van der Waals surface area contributed by atoms with Gasteiger partial charge in [-0.25, -0.2) is 0 Å². The summed E-state index contributed by atoms with van der Waals surface area (Å²) >= 11 is 0. The van der Waals surface area contributed by atoms with Gasteiger partial charge in [0.1, 0.15) is 0 Å². The van der Waals surface area contributed by atoms with Crippen LogP contribution in [0.2, 0.25) is 0 Å². The minimum absolute atomic E-state index is 0.377. The Labute approximate surface area is 106 Å². The molecule has 1 heterocycles. The van der Waals surface area contributed by atoms with Crippen LogP contribution in [0.3, 0.4) is 0 Å². The summed E-state index contributed by atoms with van der Waals surface area (Å²) in [5.74, 6) is 0.882. The Hall–Kier alpha value is -0.120. The summed E-state index contributed by atoms with van der Waals surface area (Å²) in [5, 5.41) is 10.1. The third kappa shape index (κ3) is 4.57. The standard InChI is InChI=1S/C14H29NO2/c1-5-6-12-7-9-15(11-12)10-8-13(16)14(2,3)17-4/h12-13,16H,5-11H2,1-4H3. The van der Waals surface area contributed by atoms with Gasteiger partial charge in [-0.05, 0) is 45.6 Å². The lowest BCUT2D eigenvalue weighted by atomic mass is 9.98. The molecule has 0 spiro atoms. The number of likely N-dealkylation sites (tertiary alicyclic amines) is 1. The highest BCUT2D eigenvalue weighted by atomic mass is 16.5. The van der Waals surface area contributed by atoms with Crippen LogP contribution in [0.1, 0.15) is 46.5 Å². The molecule has 0 bridgehead atoms. The Bertz CT molecular complexity index is 218. The van der Waals surface area contributed by atoms with Crippen LogP contribution in [-0.2, 0) is 4.74 Å². The van der Waals surface area contributed by atoms with Crippen molar-refractivity contribution in [3.05, 3.63) is 0 Å². The molecule has 2 unspecified atom stereocenters. The number of aliphatic hydroxyl groups excluding tert-OH is 1. The third-order valence-corrected chi connectivity index (χ3v) is 4.11. The molecule has 0 aromatic heterocycles. The molecule has 1 saturated heterocycles. The molecule has 0 amide bonds. The first kappa shape index (κ1) is 14.9. The van der Waals surface area contributed by atoms with Crippen molar-refractivity contribution in [2.45, 2.75) is 58.2 Å². The van der Waals surface area contributed by atoms with Gasteiger partial charge in [0.15, 0.2) is 0 Å². The molecule has 17 heavy (non-hydrogen) atoms. The first-order valence-electron chi connectivity index (χ1n) is 6.95. The van der Waals surface area contributed by atoms with Gasteiger partial charge in [0, 0.05) is 20.2 Å². The smallest absolute Gasteiger partial charge is 0.0880 e. The molecule has 0 aliphatic carbocycles. The van der Waals surface area contributed by atoms with E-state index >= 15 is 0 Å². The zero-order valence-electron chi connectivity index (χ0n) is 11.9. The van der Waals surface area contributed by atoms with Gasteiger partial charge in [0.25, 0.3) is 0 Å². The monoisotopic (exact) mass is 243 g/mol. The molecule has 3 nitrogen and oxygen atoms in total. The normalized spacial score (nSPS) is 24.2. The van der Waals surface area contributed by atoms with Gasteiger partial charge in [-0.15, -0.1) is 0 Å². The summed E-state index contributed by atoms with van der Waals surface area (Å²) in [4.78, 5) is 2.48. The first-order chi connectivity index (χ1) is 7.99. The second-order valence-corrected chi connectivity index (χ2v) is 5.86. The number of ether oxygens (including phenoxy) is 1. The fraction of sp³-hybridized carbons (Fsp3) is 1.00. The van der Waals surface area contributed by atoms with E-state index in [-0.39, 0.29) is 6.10 Å². The summed E-state index contributed by atoms with van der Waals surface area (Å²) in [7, 11) is 1.66. The van der Waals surface area contributed by atoms with Gasteiger partial charge < -0.3 is 14.7 Å². The van der Waals surface area contributed by atoms with Crippen molar-refractivity contribution in [3.63, 3.8) is 0 Å². The van der Waals surface area contributed by atoms with Gasteiger partial charge in [0.05, 0.1) is 11.7 Å². The fourth-order valence-corrected chi connectivity index (χ4v) is 2.55.